The molecule has 0 aromatic heterocycles. The lowest BCUT2D eigenvalue weighted by Gasteiger charge is -2.57. The summed E-state index contributed by atoms with van der Waals surface area (Å²) in [5.74, 6) is 0.947. The van der Waals surface area contributed by atoms with Gasteiger partial charge in [0.2, 0.25) is 0 Å². The molecule has 1 N–H and O–H groups in total. The summed E-state index contributed by atoms with van der Waals surface area (Å²) in [7, 11) is 0. The highest BCUT2D eigenvalue weighted by molar-refractivity contribution is 5.85. The number of hydrogen-bond donors (Lipinski definition) is 1. The number of ether oxygens (including phenoxy) is 1. The van der Waals surface area contributed by atoms with Gasteiger partial charge in [0.15, 0.2) is 0 Å². The van der Waals surface area contributed by atoms with Gasteiger partial charge in [-0.05, 0) is 60.3 Å². The molecule has 3 heteroatoms. The van der Waals surface area contributed by atoms with E-state index in [1.54, 1.807) is 6.08 Å². The summed E-state index contributed by atoms with van der Waals surface area (Å²) in [6.45, 7) is 7.57. The standard InChI is InChI=1S/C19H28O3/c1-13-4-7-18(2)8-6-15(20)11-16(18)19(13,3)9-5-14-10-17(21)22-12-14/h6,8,10,13,15-16,20H,4-5,7,9,11-12H2,1-3H3. The summed E-state index contributed by atoms with van der Waals surface area (Å²) in [5.41, 5.74) is 1.53. The van der Waals surface area contributed by atoms with E-state index in [-0.39, 0.29) is 22.9 Å². The molecule has 0 radical (unpaired) electrons. The third kappa shape index (κ3) is 2.64. The normalized spacial score (nSPS) is 44.5. The molecule has 22 heavy (non-hydrogen) atoms. The van der Waals surface area contributed by atoms with Gasteiger partial charge in [0.05, 0.1) is 6.10 Å². The summed E-state index contributed by atoms with van der Waals surface area (Å²) in [4.78, 5) is 11.2. The van der Waals surface area contributed by atoms with Crippen molar-refractivity contribution in [1.29, 1.82) is 0 Å². The minimum atomic E-state index is -0.307. The Labute approximate surface area is 133 Å². The summed E-state index contributed by atoms with van der Waals surface area (Å²) in [6.07, 6.45) is 10.9. The van der Waals surface area contributed by atoms with Crippen molar-refractivity contribution in [2.75, 3.05) is 6.61 Å². The van der Waals surface area contributed by atoms with E-state index in [9.17, 15) is 9.90 Å². The molecule has 1 fully saturated rings. The van der Waals surface area contributed by atoms with E-state index >= 15 is 0 Å². The lowest BCUT2D eigenvalue weighted by atomic mass is 9.48. The van der Waals surface area contributed by atoms with E-state index in [1.807, 2.05) is 6.08 Å². The fourth-order valence-corrected chi connectivity index (χ4v) is 4.93. The molecule has 0 saturated heterocycles. The SMILES string of the molecule is CC1CCC2(C)C=CC(O)CC2C1(C)CCC1=CC(=O)OC1. The van der Waals surface area contributed by atoms with Gasteiger partial charge in [-0.15, -0.1) is 0 Å². The summed E-state index contributed by atoms with van der Waals surface area (Å²) >= 11 is 0. The average Bonchev–Trinajstić information content (AvgIpc) is 2.90. The van der Waals surface area contributed by atoms with Crippen LogP contribution in [0, 0.1) is 22.7 Å². The smallest absolute Gasteiger partial charge is 0.331 e. The molecular formula is C19H28O3. The van der Waals surface area contributed by atoms with Crippen LogP contribution in [0.3, 0.4) is 0 Å². The highest BCUT2D eigenvalue weighted by Gasteiger charge is 2.52. The van der Waals surface area contributed by atoms with Crippen molar-refractivity contribution in [3.63, 3.8) is 0 Å². The largest absolute Gasteiger partial charge is 0.458 e. The molecule has 0 aromatic carbocycles. The van der Waals surface area contributed by atoms with Crippen LogP contribution in [0.15, 0.2) is 23.8 Å². The third-order valence-corrected chi connectivity index (χ3v) is 6.72. The molecule has 1 aliphatic heterocycles. The predicted molar refractivity (Wildman–Crippen MR) is 86.1 cm³/mol. The lowest BCUT2D eigenvalue weighted by molar-refractivity contribution is -0.134. The van der Waals surface area contributed by atoms with Gasteiger partial charge in [-0.1, -0.05) is 32.9 Å². The number of aliphatic hydroxyl groups is 1. The molecule has 3 aliphatic rings. The quantitative estimate of drug-likeness (QED) is 0.640. The first kappa shape index (κ1) is 15.8. The molecule has 0 aromatic rings. The summed E-state index contributed by atoms with van der Waals surface area (Å²) < 4.78 is 5.03. The number of rotatable bonds is 3. The van der Waals surface area contributed by atoms with E-state index in [0.29, 0.717) is 18.4 Å². The number of hydrogen-bond acceptors (Lipinski definition) is 3. The van der Waals surface area contributed by atoms with Gasteiger partial charge in [0, 0.05) is 6.08 Å². The maximum absolute atomic E-state index is 11.2. The Morgan fingerprint density at radius 1 is 1.41 bits per heavy atom. The van der Waals surface area contributed by atoms with Crippen LogP contribution in [0.2, 0.25) is 0 Å². The zero-order valence-corrected chi connectivity index (χ0v) is 14.0. The van der Waals surface area contributed by atoms with Crippen molar-refractivity contribution >= 4 is 5.97 Å². The highest BCUT2D eigenvalue weighted by Crippen LogP contribution is 2.59. The monoisotopic (exact) mass is 304 g/mol. The minimum Gasteiger partial charge on any atom is -0.458 e. The molecular weight excluding hydrogens is 276 g/mol. The van der Waals surface area contributed by atoms with Gasteiger partial charge in [0.1, 0.15) is 6.61 Å². The van der Waals surface area contributed by atoms with Gasteiger partial charge in [-0.25, -0.2) is 4.79 Å². The first-order valence-electron chi connectivity index (χ1n) is 8.57. The van der Waals surface area contributed by atoms with Crippen LogP contribution in [-0.2, 0) is 9.53 Å². The first-order valence-corrected chi connectivity index (χ1v) is 8.57. The minimum absolute atomic E-state index is 0.197. The van der Waals surface area contributed by atoms with Crippen LogP contribution in [-0.4, -0.2) is 23.8 Å². The molecule has 5 atom stereocenters. The second-order valence-electron chi connectivity index (χ2n) is 8.08. The van der Waals surface area contributed by atoms with Crippen LogP contribution < -0.4 is 0 Å². The maximum atomic E-state index is 11.2. The van der Waals surface area contributed by atoms with Gasteiger partial charge < -0.3 is 9.84 Å². The van der Waals surface area contributed by atoms with Gasteiger partial charge in [0.25, 0.3) is 0 Å². The van der Waals surface area contributed by atoms with Crippen molar-refractivity contribution in [2.45, 2.75) is 59.0 Å². The Morgan fingerprint density at radius 2 is 2.18 bits per heavy atom. The Kier molecular flexibility index (Phi) is 3.96. The predicted octanol–water partition coefficient (Wildman–Crippen LogP) is 3.63. The Morgan fingerprint density at radius 3 is 2.86 bits per heavy atom. The maximum Gasteiger partial charge on any atom is 0.331 e. The van der Waals surface area contributed by atoms with Gasteiger partial charge in [-0.3, -0.25) is 0 Å². The van der Waals surface area contributed by atoms with Crippen molar-refractivity contribution in [3.8, 4) is 0 Å². The molecule has 0 bridgehead atoms. The molecule has 0 amide bonds. The molecule has 1 heterocycles. The Hall–Kier alpha value is -1.09. The van der Waals surface area contributed by atoms with Crippen molar-refractivity contribution in [3.05, 3.63) is 23.8 Å². The van der Waals surface area contributed by atoms with Gasteiger partial charge in [-0.2, -0.15) is 0 Å². The van der Waals surface area contributed by atoms with Crippen molar-refractivity contribution < 1.29 is 14.6 Å². The second kappa shape index (κ2) is 5.52. The van der Waals surface area contributed by atoms with E-state index in [4.69, 9.17) is 4.74 Å². The molecule has 3 rings (SSSR count). The van der Waals surface area contributed by atoms with E-state index < -0.39 is 0 Å². The van der Waals surface area contributed by atoms with Gasteiger partial charge >= 0.3 is 5.97 Å². The van der Waals surface area contributed by atoms with Crippen molar-refractivity contribution in [2.24, 2.45) is 22.7 Å². The molecule has 0 spiro atoms. The first-order chi connectivity index (χ1) is 10.3. The molecule has 3 nitrogen and oxygen atoms in total. The number of carbonyl (C=O) groups excluding carboxylic acids is 1. The second-order valence-corrected chi connectivity index (χ2v) is 8.08. The highest BCUT2D eigenvalue weighted by atomic mass is 16.5. The third-order valence-electron chi connectivity index (χ3n) is 6.72. The number of aliphatic hydroxyl groups excluding tert-OH is 1. The Balaban J connectivity index is 1.80. The number of fused-ring (bicyclic) bond motifs is 1. The fraction of sp³-hybridized carbons (Fsp3) is 0.737. The van der Waals surface area contributed by atoms with Crippen LogP contribution in [0.4, 0.5) is 0 Å². The van der Waals surface area contributed by atoms with E-state index in [2.05, 4.69) is 26.8 Å². The van der Waals surface area contributed by atoms with E-state index in [1.165, 1.54) is 12.8 Å². The number of esters is 1. The molecule has 122 valence electrons. The topological polar surface area (TPSA) is 46.5 Å². The number of carbonyl (C=O) groups is 1. The van der Waals surface area contributed by atoms with Crippen LogP contribution >= 0.6 is 0 Å². The van der Waals surface area contributed by atoms with Crippen LogP contribution in [0.25, 0.3) is 0 Å². The molecule has 2 aliphatic carbocycles. The van der Waals surface area contributed by atoms with Crippen LogP contribution in [0.1, 0.15) is 52.9 Å². The number of allylic oxidation sites excluding steroid dienone is 1. The van der Waals surface area contributed by atoms with Crippen molar-refractivity contribution in [1.82, 2.24) is 0 Å². The molecule has 1 saturated carbocycles. The lowest BCUT2D eigenvalue weighted by Crippen LogP contribution is -2.50. The summed E-state index contributed by atoms with van der Waals surface area (Å²) in [6, 6.07) is 0. The van der Waals surface area contributed by atoms with E-state index in [0.717, 1.165) is 24.8 Å². The van der Waals surface area contributed by atoms with Crippen LogP contribution in [0.5, 0.6) is 0 Å². The average molecular weight is 304 g/mol. The zero-order chi connectivity index (χ0) is 16.0. The summed E-state index contributed by atoms with van der Waals surface area (Å²) in [5, 5.41) is 10.1. The molecule has 5 unspecified atom stereocenters. The number of cyclic esters (lactones) is 1. The Bertz CT molecular complexity index is 521. The zero-order valence-electron chi connectivity index (χ0n) is 14.0. The fourth-order valence-electron chi connectivity index (χ4n) is 4.93.